The number of carbonyl (C=O) groups is 1. The van der Waals surface area contributed by atoms with Crippen LogP contribution in [0.15, 0.2) is 29.6 Å². The Morgan fingerprint density at radius 2 is 2.29 bits per heavy atom. The van der Waals surface area contributed by atoms with E-state index in [2.05, 4.69) is 34.0 Å². The van der Waals surface area contributed by atoms with Gasteiger partial charge in [0.05, 0.1) is 17.3 Å². The number of nitrogens with one attached hydrogen (secondary N) is 2. The summed E-state index contributed by atoms with van der Waals surface area (Å²) in [7, 11) is 0. The van der Waals surface area contributed by atoms with E-state index in [0.717, 1.165) is 29.3 Å². The summed E-state index contributed by atoms with van der Waals surface area (Å²) in [5, 5.41) is 9.13. The Hall–Kier alpha value is -2.08. The molecule has 5 nitrogen and oxygen atoms in total. The van der Waals surface area contributed by atoms with Gasteiger partial charge in [-0.2, -0.15) is 0 Å². The van der Waals surface area contributed by atoms with Crippen molar-refractivity contribution in [2.45, 2.75) is 38.6 Å². The van der Waals surface area contributed by atoms with Crippen LogP contribution >= 0.6 is 11.3 Å². The van der Waals surface area contributed by atoms with Crippen LogP contribution in [0.2, 0.25) is 0 Å². The van der Waals surface area contributed by atoms with Gasteiger partial charge in [0.1, 0.15) is 5.75 Å². The van der Waals surface area contributed by atoms with E-state index in [1.54, 1.807) is 11.3 Å². The average molecular weight is 345 g/mol. The molecule has 1 aromatic heterocycles. The molecule has 0 saturated carbocycles. The number of aromatic nitrogens is 1. The molecule has 1 aromatic carbocycles. The molecule has 1 aliphatic heterocycles. The predicted molar refractivity (Wildman–Crippen MR) is 95.9 cm³/mol. The highest BCUT2D eigenvalue weighted by Crippen LogP contribution is 2.35. The minimum atomic E-state index is -0.141. The number of aryl methyl sites for hydroxylation is 1. The monoisotopic (exact) mass is 345 g/mol. The molecule has 1 aliphatic rings. The summed E-state index contributed by atoms with van der Waals surface area (Å²) < 4.78 is 5.69. The van der Waals surface area contributed by atoms with E-state index >= 15 is 0 Å². The average Bonchev–Trinajstić information content (AvgIpc) is 3.21. The van der Waals surface area contributed by atoms with Crippen LogP contribution in [-0.4, -0.2) is 30.2 Å². The summed E-state index contributed by atoms with van der Waals surface area (Å²) in [6, 6.07) is 7.88. The van der Waals surface area contributed by atoms with Gasteiger partial charge >= 0.3 is 6.03 Å². The Morgan fingerprint density at radius 3 is 3.08 bits per heavy atom. The first-order valence-corrected chi connectivity index (χ1v) is 9.24. The molecule has 6 heteroatoms. The number of hydrogen-bond acceptors (Lipinski definition) is 4. The van der Waals surface area contributed by atoms with Crippen LogP contribution in [0.5, 0.6) is 5.75 Å². The van der Waals surface area contributed by atoms with Gasteiger partial charge in [-0.1, -0.05) is 25.1 Å². The maximum Gasteiger partial charge on any atom is 0.315 e. The van der Waals surface area contributed by atoms with Crippen LogP contribution in [-0.2, 0) is 12.8 Å². The number of carbonyl (C=O) groups excluding carboxylic acids is 1. The zero-order valence-electron chi connectivity index (χ0n) is 14.0. The first-order chi connectivity index (χ1) is 11.7. The van der Waals surface area contributed by atoms with E-state index in [0.29, 0.717) is 13.2 Å². The highest BCUT2D eigenvalue weighted by atomic mass is 32.1. The van der Waals surface area contributed by atoms with E-state index in [1.807, 2.05) is 25.1 Å². The second-order valence-corrected chi connectivity index (χ2v) is 6.92. The molecular weight excluding hydrogens is 322 g/mol. The van der Waals surface area contributed by atoms with E-state index in [-0.39, 0.29) is 18.0 Å². The number of amides is 2. The predicted octanol–water partition coefficient (Wildman–Crippen LogP) is 3.11. The Morgan fingerprint density at radius 1 is 1.46 bits per heavy atom. The van der Waals surface area contributed by atoms with E-state index in [9.17, 15) is 4.79 Å². The minimum absolute atomic E-state index is 0.0135. The molecule has 0 bridgehead atoms. The molecule has 0 unspecified atom stereocenters. The molecule has 2 amide bonds. The first kappa shape index (κ1) is 16.8. The van der Waals surface area contributed by atoms with Crippen LogP contribution in [0, 0.1) is 0 Å². The molecule has 0 spiro atoms. The number of urea groups is 1. The SMILES string of the molecule is CCc1nc(CCNC(=O)N[C@H](C)[C@@H]2COc3ccccc32)cs1. The Kier molecular flexibility index (Phi) is 5.35. The molecule has 3 rings (SSSR count). The largest absolute Gasteiger partial charge is 0.493 e. The maximum absolute atomic E-state index is 12.1. The van der Waals surface area contributed by atoms with Crippen LogP contribution < -0.4 is 15.4 Å². The van der Waals surface area contributed by atoms with Gasteiger partial charge in [-0.3, -0.25) is 0 Å². The lowest BCUT2D eigenvalue weighted by Gasteiger charge is -2.20. The zero-order valence-corrected chi connectivity index (χ0v) is 14.9. The van der Waals surface area contributed by atoms with Crippen molar-refractivity contribution in [2.75, 3.05) is 13.2 Å². The van der Waals surface area contributed by atoms with Crippen molar-refractivity contribution in [1.29, 1.82) is 0 Å². The third kappa shape index (κ3) is 3.87. The van der Waals surface area contributed by atoms with Crippen LogP contribution in [0.3, 0.4) is 0 Å². The maximum atomic E-state index is 12.1. The summed E-state index contributed by atoms with van der Waals surface area (Å²) in [6.45, 7) is 5.31. The summed E-state index contributed by atoms with van der Waals surface area (Å²) >= 11 is 1.68. The van der Waals surface area contributed by atoms with Gasteiger partial charge in [0.2, 0.25) is 0 Å². The number of rotatable bonds is 6. The number of hydrogen-bond donors (Lipinski definition) is 2. The van der Waals surface area contributed by atoms with Crippen molar-refractivity contribution >= 4 is 17.4 Å². The van der Waals surface area contributed by atoms with E-state index < -0.39 is 0 Å². The smallest absolute Gasteiger partial charge is 0.315 e. The normalized spacial score (nSPS) is 17.0. The summed E-state index contributed by atoms with van der Waals surface area (Å²) in [5.74, 6) is 1.12. The number of ether oxygens (including phenoxy) is 1. The van der Waals surface area contributed by atoms with Gasteiger partial charge in [0.25, 0.3) is 0 Å². The van der Waals surface area contributed by atoms with Crippen molar-refractivity contribution in [3.05, 3.63) is 45.9 Å². The molecule has 24 heavy (non-hydrogen) atoms. The summed E-state index contributed by atoms with van der Waals surface area (Å²) in [5.41, 5.74) is 2.21. The number of para-hydroxylation sites is 1. The van der Waals surface area contributed by atoms with E-state index in [4.69, 9.17) is 4.74 Å². The number of thiazole rings is 1. The van der Waals surface area contributed by atoms with Crippen LogP contribution in [0.1, 0.15) is 36.0 Å². The van der Waals surface area contributed by atoms with Gasteiger partial charge in [-0.25, -0.2) is 9.78 Å². The van der Waals surface area contributed by atoms with Gasteiger partial charge in [0, 0.05) is 35.9 Å². The van der Waals surface area contributed by atoms with Gasteiger partial charge in [-0.05, 0) is 19.4 Å². The molecule has 0 saturated heterocycles. The van der Waals surface area contributed by atoms with Crippen molar-refractivity contribution in [3.63, 3.8) is 0 Å². The number of nitrogens with zero attached hydrogens (tertiary/aromatic N) is 1. The van der Waals surface area contributed by atoms with Crippen molar-refractivity contribution in [3.8, 4) is 5.75 Å². The lowest BCUT2D eigenvalue weighted by molar-refractivity contribution is 0.233. The van der Waals surface area contributed by atoms with Crippen molar-refractivity contribution < 1.29 is 9.53 Å². The molecule has 2 aromatic rings. The summed E-state index contributed by atoms with van der Waals surface area (Å²) in [6.07, 6.45) is 1.72. The van der Waals surface area contributed by atoms with Gasteiger partial charge < -0.3 is 15.4 Å². The number of fused-ring (bicyclic) bond motifs is 1. The molecule has 0 radical (unpaired) electrons. The molecule has 2 N–H and O–H groups in total. The fourth-order valence-corrected chi connectivity index (χ4v) is 3.67. The Balaban J connectivity index is 1.45. The quantitative estimate of drug-likeness (QED) is 0.845. The molecule has 2 atom stereocenters. The van der Waals surface area contributed by atoms with Gasteiger partial charge in [0.15, 0.2) is 0 Å². The highest BCUT2D eigenvalue weighted by Gasteiger charge is 2.29. The third-order valence-corrected chi connectivity index (χ3v) is 5.31. The minimum Gasteiger partial charge on any atom is -0.493 e. The second kappa shape index (κ2) is 7.66. The fraction of sp³-hybridized carbons (Fsp3) is 0.444. The van der Waals surface area contributed by atoms with Crippen LogP contribution in [0.4, 0.5) is 4.79 Å². The zero-order chi connectivity index (χ0) is 16.9. The molecule has 0 aliphatic carbocycles. The standard InChI is InChI=1S/C18H23N3O2S/c1-3-17-21-13(11-24-17)8-9-19-18(22)20-12(2)15-10-23-16-7-5-4-6-14(15)16/h4-7,11-12,15H,3,8-10H2,1-2H3,(H2,19,20,22)/t12-,15+/m1/s1. The summed E-state index contributed by atoms with van der Waals surface area (Å²) in [4.78, 5) is 16.6. The lowest BCUT2D eigenvalue weighted by atomic mass is 9.94. The Labute approximate surface area is 146 Å². The third-order valence-electron chi connectivity index (χ3n) is 4.27. The van der Waals surface area contributed by atoms with Crippen LogP contribution in [0.25, 0.3) is 0 Å². The van der Waals surface area contributed by atoms with Gasteiger partial charge in [-0.15, -0.1) is 11.3 Å². The Bertz CT molecular complexity index is 701. The number of benzene rings is 1. The topological polar surface area (TPSA) is 63.2 Å². The molecular formula is C18H23N3O2S. The molecule has 2 heterocycles. The van der Waals surface area contributed by atoms with E-state index in [1.165, 1.54) is 5.56 Å². The molecule has 0 fully saturated rings. The lowest BCUT2D eigenvalue weighted by Crippen LogP contribution is -2.44. The molecule has 128 valence electrons. The second-order valence-electron chi connectivity index (χ2n) is 5.98. The highest BCUT2D eigenvalue weighted by molar-refractivity contribution is 7.09. The fourth-order valence-electron chi connectivity index (χ4n) is 2.89. The van der Waals surface area contributed by atoms with Crippen molar-refractivity contribution in [1.82, 2.24) is 15.6 Å². The first-order valence-electron chi connectivity index (χ1n) is 8.36. The van der Waals surface area contributed by atoms with Crippen molar-refractivity contribution in [2.24, 2.45) is 0 Å².